The molecule has 0 aliphatic carbocycles. The van der Waals surface area contributed by atoms with Crippen molar-refractivity contribution in [3.05, 3.63) is 54.9 Å². The molecule has 3 heterocycles. The molecule has 0 radical (unpaired) electrons. The molecule has 0 amide bonds. The van der Waals surface area contributed by atoms with E-state index in [1.807, 2.05) is 25.2 Å². The van der Waals surface area contributed by atoms with E-state index in [0.717, 1.165) is 39.3 Å². The minimum Gasteiger partial charge on any atom is -0.454 e. The zero-order valence-electron chi connectivity index (χ0n) is 12.6. The van der Waals surface area contributed by atoms with Crippen molar-refractivity contribution in [2.45, 2.75) is 0 Å². The van der Waals surface area contributed by atoms with Gasteiger partial charge in [-0.1, -0.05) is 30.3 Å². The highest BCUT2D eigenvalue weighted by molar-refractivity contribution is 6.09. The number of fused-ring (bicyclic) bond motifs is 4. The molecule has 5 nitrogen and oxygen atoms in total. The van der Waals surface area contributed by atoms with Crippen molar-refractivity contribution in [3.63, 3.8) is 0 Å². The Kier molecular flexibility index (Phi) is 2.42. The fourth-order valence-electron chi connectivity index (χ4n) is 3.26. The summed E-state index contributed by atoms with van der Waals surface area (Å²) in [5.41, 5.74) is 2.81. The Morgan fingerprint density at radius 2 is 1.70 bits per heavy atom. The third-order valence-corrected chi connectivity index (χ3v) is 4.31. The first-order valence-electron chi connectivity index (χ1n) is 7.53. The van der Waals surface area contributed by atoms with Gasteiger partial charge in [0.1, 0.15) is 5.58 Å². The number of anilines is 3. The second-order valence-corrected chi connectivity index (χ2v) is 5.72. The summed E-state index contributed by atoms with van der Waals surface area (Å²) in [6.45, 7) is 0.704. The molecule has 1 aliphatic heterocycles. The van der Waals surface area contributed by atoms with Crippen molar-refractivity contribution in [1.82, 2.24) is 9.97 Å². The first-order valence-corrected chi connectivity index (χ1v) is 7.53. The number of nitrogens with zero attached hydrogens (tertiary/aromatic N) is 4. The number of aromatic nitrogens is 2. The van der Waals surface area contributed by atoms with Gasteiger partial charge < -0.3 is 14.2 Å². The zero-order valence-corrected chi connectivity index (χ0v) is 12.6. The van der Waals surface area contributed by atoms with Crippen LogP contribution in [0.3, 0.4) is 0 Å². The topological polar surface area (TPSA) is 45.4 Å². The molecule has 2 aromatic carbocycles. The van der Waals surface area contributed by atoms with E-state index in [-0.39, 0.29) is 0 Å². The molecule has 0 N–H and O–H groups in total. The summed E-state index contributed by atoms with van der Waals surface area (Å²) in [5, 5.41) is 2.26. The number of hydrogen-bond acceptors (Lipinski definition) is 5. The molecular formula is C18H14N4O. The Bertz CT molecular complexity index is 1040. The number of para-hydroxylation sites is 2. The smallest absolute Gasteiger partial charge is 0.178 e. The van der Waals surface area contributed by atoms with E-state index >= 15 is 0 Å². The van der Waals surface area contributed by atoms with Gasteiger partial charge in [0.05, 0.1) is 12.4 Å². The average molecular weight is 302 g/mol. The SMILES string of the molecule is CN1CN(c2cccc3c2oc2ccccc23)c2nccnc21. The van der Waals surface area contributed by atoms with Gasteiger partial charge in [-0.05, 0) is 12.1 Å². The van der Waals surface area contributed by atoms with Crippen molar-refractivity contribution in [2.24, 2.45) is 0 Å². The molecule has 5 heteroatoms. The maximum absolute atomic E-state index is 6.14. The van der Waals surface area contributed by atoms with Crippen LogP contribution in [0.1, 0.15) is 0 Å². The van der Waals surface area contributed by atoms with Crippen LogP contribution in [-0.4, -0.2) is 23.7 Å². The van der Waals surface area contributed by atoms with Crippen LogP contribution in [0.25, 0.3) is 21.9 Å². The van der Waals surface area contributed by atoms with Gasteiger partial charge in [0, 0.05) is 30.2 Å². The van der Waals surface area contributed by atoms with Gasteiger partial charge in [0.25, 0.3) is 0 Å². The minimum atomic E-state index is 0.704. The quantitative estimate of drug-likeness (QED) is 0.533. The summed E-state index contributed by atoms with van der Waals surface area (Å²) in [7, 11) is 2.02. The van der Waals surface area contributed by atoms with Crippen molar-refractivity contribution in [2.75, 3.05) is 23.5 Å². The molecule has 0 fully saturated rings. The van der Waals surface area contributed by atoms with Crippen molar-refractivity contribution < 1.29 is 4.42 Å². The maximum Gasteiger partial charge on any atom is 0.178 e. The second kappa shape index (κ2) is 4.46. The van der Waals surface area contributed by atoms with E-state index in [2.05, 4.69) is 44.0 Å². The molecule has 23 heavy (non-hydrogen) atoms. The molecule has 112 valence electrons. The third-order valence-electron chi connectivity index (χ3n) is 4.31. The molecule has 4 aromatic rings. The first kappa shape index (κ1) is 12.5. The lowest BCUT2D eigenvalue weighted by Gasteiger charge is -2.18. The number of hydrogen-bond donors (Lipinski definition) is 0. The van der Waals surface area contributed by atoms with E-state index in [1.165, 1.54) is 0 Å². The molecule has 2 aromatic heterocycles. The van der Waals surface area contributed by atoms with E-state index in [9.17, 15) is 0 Å². The van der Waals surface area contributed by atoms with Crippen molar-refractivity contribution in [1.29, 1.82) is 0 Å². The Labute approximate surface area is 132 Å². The summed E-state index contributed by atoms with van der Waals surface area (Å²) in [5.74, 6) is 1.75. The maximum atomic E-state index is 6.14. The lowest BCUT2D eigenvalue weighted by atomic mass is 10.1. The van der Waals surface area contributed by atoms with Crippen LogP contribution in [0.15, 0.2) is 59.3 Å². The molecule has 0 saturated heterocycles. The largest absolute Gasteiger partial charge is 0.454 e. The Morgan fingerprint density at radius 3 is 2.61 bits per heavy atom. The van der Waals surface area contributed by atoms with Crippen LogP contribution in [-0.2, 0) is 0 Å². The van der Waals surface area contributed by atoms with Crippen LogP contribution in [0, 0.1) is 0 Å². The standard InChI is InChI=1S/C18H14N4O/c1-21-11-22(18-17(21)19-9-10-20-18)14-7-4-6-13-12-5-2-3-8-15(12)23-16(13)14/h2-10H,11H2,1H3. The molecule has 0 bridgehead atoms. The highest BCUT2D eigenvalue weighted by Crippen LogP contribution is 2.41. The van der Waals surface area contributed by atoms with Crippen LogP contribution in [0.2, 0.25) is 0 Å². The van der Waals surface area contributed by atoms with E-state index < -0.39 is 0 Å². The molecule has 0 spiro atoms. The fourth-order valence-corrected chi connectivity index (χ4v) is 3.26. The van der Waals surface area contributed by atoms with E-state index in [0.29, 0.717) is 6.67 Å². The van der Waals surface area contributed by atoms with Gasteiger partial charge >= 0.3 is 0 Å². The highest BCUT2D eigenvalue weighted by atomic mass is 16.3. The third kappa shape index (κ3) is 1.67. The monoisotopic (exact) mass is 302 g/mol. The Morgan fingerprint density at radius 1 is 0.913 bits per heavy atom. The Balaban J connectivity index is 1.79. The molecule has 0 unspecified atom stereocenters. The number of furan rings is 1. The van der Waals surface area contributed by atoms with Crippen LogP contribution in [0.5, 0.6) is 0 Å². The highest BCUT2D eigenvalue weighted by Gasteiger charge is 2.29. The molecule has 1 aliphatic rings. The van der Waals surface area contributed by atoms with E-state index in [1.54, 1.807) is 12.4 Å². The van der Waals surface area contributed by atoms with Gasteiger partial charge in [-0.3, -0.25) is 0 Å². The summed E-state index contributed by atoms with van der Waals surface area (Å²) >= 11 is 0. The van der Waals surface area contributed by atoms with Gasteiger partial charge in [0.15, 0.2) is 17.2 Å². The summed E-state index contributed by atoms with van der Waals surface area (Å²) in [4.78, 5) is 13.2. The zero-order chi connectivity index (χ0) is 15.4. The average Bonchev–Trinajstić information content (AvgIpc) is 3.13. The van der Waals surface area contributed by atoms with E-state index in [4.69, 9.17) is 4.42 Å². The second-order valence-electron chi connectivity index (χ2n) is 5.72. The van der Waals surface area contributed by atoms with Crippen molar-refractivity contribution >= 4 is 39.3 Å². The molecule has 0 atom stereocenters. The van der Waals surface area contributed by atoms with Crippen LogP contribution < -0.4 is 9.80 Å². The lowest BCUT2D eigenvalue weighted by molar-refractivity contribution is 0.668. The van der Waals surface area contributed by atoms with Crippen LogP contribution in [0.4, 0.5) is 17.3 Å². The summed E-state index contributed by atoms with van der Waals surface area (Å²) < 4.78 is 6.14. The van der Waals surface area contributed by atoms with Gasteiger partial charge in [-0.2, -0.15) is 0 Å². The number of benzene rings is 2. The number of rotatable bonds is 1. The first-order chi connectivity index (χ1) is 11.3. The van der Waals surface area contributed by atoms with Gasteiger partial charge in [-0.15, -0.1) is 0 Å². The summed E-state index contributed by atoms with van der Waals surface area (Å²) in [6, 6.07) is 14.4. The van der Waals surface area contributed by atoms with Gasteiger partial charge in [-0.25, -0.2) is 9.97 Å². The summed E-state index contributed by atoms with van der Waals surface area (Å²) in [6.07, 6.45) is 3.45. The van der Waals surface area contributed by atoms with Crippen LogP contribution >= 0.6 is 0 Å². The minimum absolute atomic E-state index is 0.704. The van der Waals surface area contributed by atoms with Gasteiger partial charge in [0.2, 0.25) is 0 Å². The predicted octanol–water partition coefficient (Wildman–Crippen LogP) is 3.92. The lowest BCUT2D eigenvalue weighted by Crippen LogP contribution is -2.24. The van der Waals surface area contributed by atoms with Crippen molar-refractivity contribution in [3.8, 4) is 0 Å². The normalized spacial score (nSPS) is 14.0. The Hall–Kier alpha value is -3.08. The molecule has 0 saturated carbocycles. The fraction of sp³-hybridized carbons (Fsp3) is 0.111. The predicted molar refractivity (Wildman–Crippen MR) is 91.2 cm³/mol. The molecule has 5 rings (SSSR count). The molecular weight excluding hydrogens is 288 g/mol.